The average Bonchev–Trinajstić information content (AvgIpc) is 2.91. The van der Waals surface area contributed by atoms with Crippen LogP contribution in [0.2, 0.25) is 0 Å². The Morgan fingerprint density at radius 1 is 1.03 bits per heavy atom. The van der Waals surface area contributed by atoms with Gasteiger partial charge in [-0.2, -0.15) is 0 Å². The highest BCUT2D eigenvalue weighted by atomic mass is 19.1. The quantitative estimate of drug-likeness (QED) is 0.422. The summed E-state index contributed by atoms with van der Waals surface area (Å²) >= 11 is 0. The number of nitrogens with zero attached hydrogens (tertiary/aromatic N) is 4. The Hall–Kier alpha value is -4.15. The van der Waals surface area contributed by atoms with E-state index in [2.05, 4.69) is 20.2 Å². The lowest BCUT2D eigenvalue weighted by atomic mass is 10.1. The number of carbonyl (C=O) groups excluding carboxylic acids is 1. The second-order valence-corrected chi connectivity index (χ2v) is 10.2. The van der Waals surface area contributed by atoms with Crippen LogP contribution < -0.4 is 19.7 Å². The number of hydrogen-bond acceptors (Lipinski definition) is 8. The van der Waals surface area contributed by atoms with Crippen molar-refractivity contribution in [2.24, 2.45) is 0 Å². The summed E-state index contributed by atoms with van der Waals surface area (Å²) in [7, 11) is 1.32. The molecule has 2 heterocycles. The predicted molar refractivity (Wildman–Crippen MR) is 144 cm³/mol. The fourth-order valence-corrected chi connectivity index (χ4v) is 4.05. The molecule has 2 aromatic carbocycles. The first kappa shape index (κ1) is 27.9. The molecule has 4 rings (SSSR count). The van der Waals surface area contributed by atoms with Crippen LogP contribution in [0, 0.1) is 18.6 Å². The van der Waals surface area contributed by atoms with Crippen molar-refractivity contribution in [3.63, 3.8) is 0 Å². The molecule has 0 radical (unpaired) electrons. The lowest BCUT2D eigenvalue weighted by molar-refractivity contribution is 0.0240. The van der Waals surface area contributed by atoms with Crippen molar-refractivity contribution in [3.8, 4) is 11.5 Å². The number of aryl methyl sites for hydroxylation is 1. The molecule has 0 bridgehead atoms. The molecule has 1 aliphatic rings. The Kier molecular flexibility index (Phi) is 8.37. The molecule has 1 saturated heterocycles. The van der Waals surface area contributed by atoms with Crippen molar-refractivity contribution in [1.29, 1.82) is 0 Å². The first-order valence-electron chi connectivity index (χ1n) is 12.6. The number of rotatable bonds is 7. The summed E-state index contributed by atoms with van der Waals surface area (Å²) in [5.74, 6) is -0.914. The van der Waals surface area contributed by atoms with E-state index in [1.54, 1.807) is 4.90 Å². The van der Waals surface area contributed by atoms with E-state index in [9.17, 15) is 13.6 Å². The van der Waals surface area contributed by atoms with E-state index in [1.165, 1.54) is 32.5 Å². The highest BCUT2D eigenvalue weighted by Crippen LogP contribution is 2.27. The largest absolute Gasteiger partial charge is 0.494 e. The van der Waals surface area contributed by atoms with Crippen LogP contribution in [0.4, 0.5) is 30.9 Å². The van der Waals surface area contributed by atoms with Gasteiger partial charge in [-0.05, 0) is 63.6 Å². The molecule has 1 aliphatic heterocycles. The highest BCUT2D eigenvalue weighted by Gasteiger charge is 2.26. The van der Waals surface area contributed by atoms with Crippen LogP contribution in [0.3, 0.4) is 0 Å². The Morgan fingerprint density at radius 3 is 2.26 bits per heavy atom. The molecule has 0 atom stereocenters. The molecule has 1 fully saturated rings. The number of piperazine rings is 1. The summed E-state index contributed by atoms with van der Waals surface area (Å²) in [4.78, 5) is 24.7. The highest BCUT2D eigenvalue weighted by molar-refractivity contribution is 5.69. The second kappa shape index (κ2) is 11.7. The minimum Gasteiger partial charge on any atom is -0.494 e. The number of methoxy groups -OCH3 is 1. The summed E-state index contributed by atoms with van der Waals surface area (Å²) in [6.07, 6.45) is 2.57. The number of aromatic nitrogens is 2. The van der Waals surface area contributed by atoms with Crippen molar-refractivity contribution in [2.75, 3.05) is 43.5 Å². The molecule has 1 aromatic heterocycles. The molecule has 11 heteroatoms. The molecule has 9 nitrogen and oxygen atoms in total. The predicted octanol–water partition coefficient (Wildman–Crippen LogP) is 5.45. The van der Waals surface area contributed by atoms with Gasteiger partial charge in [-0.15, -0.1) is 0 Å². The number of carbonyl (C=O) groups is 1. The van der Waals surface area contributed by atoms with Crippen LogP contribution in [0.5, 0.6) is 11.5 Å². The fourth-order valence-electron chi connectivity index (χ4n) is 4.05. The summed E-state index contributed by atoms with van der Waals surface area (Å²) < 4.78 is 44.8. The van der Waals surface area contributed by atoms with E-state index >= 15 is 0 Å². The Bertz CT molecular complexity index is 1290. The first-order chi connectivity index (χ1) is 18.5. The zero-order valence-electron chi connectivity index (χ0n) is 22.8. The molecule has 3 aromatic rings. The maximum atomic E-state index is 14.5. The maximum absolute atomic E-state index is 14.5. The van der Waals surface area contributed by atoms with E-state index in [-0.39, 0.29) is 35.3 Å². The van der Waals surface area contributed by atoms with E-state index < -0.39 is 17.2 Å². The molecule has 0 aliphatic carbocycles. The van der Waals surface area contributed by atoms with Crippen LogP contribution in [0.1, 0.15) is 31.9 Å². The van der Waals surface area contributed by atoms with Crippen molar-refractivity contribution >= 4 is 23.4 Å². The van der Waals surface area contributed by atoms with Crippen LogP contribution in [-0.4, -0.2) is 59.9 Å². The number of ether oxygens (including phenoxy) is 3. The lowest BCUT2D eigenvalue weighted by Gasteiger charge is -2.36. The van der Waals surface area contributed by atoms with E-state index in [0.717, 1.165) is 11.4 Å². The van der Waals surface area contributed by atoms with Gasteiger partial charge in [0.05, 0.1) is 25.1 Å². The first-order valence-corrected chi connectivity index (χ1v) is 12.6. The minimum absolute atomic E-state index is 0.0441. The van der Waals surface area contributed by atoms with E-state index in [0.29, 0.717) is 32.1 Å². The molecule has 0 saturated carbocycles. The van der Waals surface area contributed by atoms with Gasteiger partial charge in [0.25, 0.3) is 0 Å². The molecular formula is C28H33F2N5O4. The standard InChI is InChI=1S/C28H33F2N5O4/c1-18-14-23(37-5)25(30)22(24(18)29)17-38-21-15-31-26(32-16-21)33-19-6-8-20(9-7-19)34-10-12-35(13-11-34)27(36)39-28(2,3)4/h6-9,14-16H,10-13,17H2,1-5H3,(H,31,32,33). The van der Waals surface area contributed by atoms with Crippen LogP contribution in [-0.2, 0) is 11.3 Å². The number of anilines is 3. The van der Waals surface area contributed by atoms with Crippen molar-refractivity contribution in [1.82, 2.24) is 14.9 Å². The number of nitrogens with one attached hydrogen (secondary N) is 1. The molecule has 208 valence electrons. The summed E-state index contributed by atoms with van der Waals surface area (Å²) in [6, 6.07) is 9.11. The van der Waals surface area contributed by atoms with Gasteiger partial charge in [0, 0.05) is 37.6 Å². The zero-order chi connectivity index (χ0) is 28.2. The average molecular weight is 542 g/mol. The number of amides is 1. The maximum Gasteiger partial charge on any atom is 0.410 e. The molecule has 1 N–H and O–H groups in total. The van der Waals surface area contributed by atoms with Gasteiger partial charge in [0.15, 0.2) is 17.3 Å². The number of halogens is 2. The summed E-state index contributed by atoms with van der Waals surface area (Å²) in [6.45, 7) is 9.38. The smallest absolute Gasteiger partial charge is 0.410 e. The second-order valence-electron chi connectivity index (χ2n) is 10.2. The third-order valence-corrected chi connectivity index (χ3v) is 6.09. The van der Waals surface area contributed by atoms with Gasteiger partial charge in [-0.25, -0.2) is 23.5 Å². The lowest BCUT2D eigenvalue weighted by Crippen LogP contribution is -2.50. The monoisotopic (exact) mass is 541 g/mol. The summed E-state index contributed by atoms with van der Waals surface area (Å²) in [5, 5.41) is 3.12. The van der Waals surface area contributed by atoms with Gasteiger partial charge in [0.2, 0.25) is 5.95 Å². The van der Waals surface area contributed by atoms with Crippen molar-refractivity contribution < 1.29 is 27.8 Å². The number of benzene rings is 2. The molecule has 1 amide bonds. The van der Waals surface area contributed by atoms with Crippen LogP contribution in [0.25, 0.3) is 0 Å². The van der Waals surface area contributed by atoms with Gasteiger partial charge >= 0.3 is 6.09 Å². The Labute approximate surface area is 226 Å². The van der Waals surface area contributed by atoms with E-state index in [4.69, 9.17) is 14.2 Å². The van der Waals surface area contributed by atoms with Crippen LogP contribution >= 0.6 is 0 Å². The summed E-state index contributed by atoms with van der Waals surface area (Å²) in [5.41, 5.74) is 1.36. The van der Waals surface area contributed by atoms with Gasteiger partial charge in [-0.3, -0.25) is 0 Å². The fraction of sp³-hybridized carbons (Fsp3) is 0.393. The topological polar surface area (TPSA) is 89.1 Å². The zero-order valence-corrected chi connectivity index (χ0v) is 22.8. The molecule has 39 heavy (non-hydrogen) atoms. The Morgan fingerprint density at radius 2 is 1.67 bits per heavy atom. The van der Waals surface area contributed by atoms with Crippen LogP contribution in [0.15, 0.2) is 42.7 Å². The third-order valence-electron chi connectivity index (χ3n) is 6.09. The van der Waals surface area contributed by atoms with E-state index in [1.807, 2.05) is 45.0 Å². The van der Waals surface area contributed by atoms with Gasteiger partial charge < -0.3 is 29.3 Å². The van der Waals surface area contributed by atoms with Gasteiger partial charge in [0.1, 0.15) is 18.0 Å². The molecular weight excluding hydrogens is 508 g/mol. The molecule has 0 unspecified atom stereocenters. The van der Waals surface area contributed by atoms with Crippen molar-refractivity contribution in [3.05, 3.63) is 65.5 Å². The minimum atomic E-state index is -0.798. The molecule has 0 spiro atoms. The van der Waals surface area contributed by atoms with Gasteiger partial charge in [-0.1, -0.05) is 0 Å². The SMILES string of the molecule is COc1cc(C)c(F)c(COc2cnc(Nc3ccc(N4CCN(C(=O)OC(C)(C)C)CC4)cc3)nc2)c1F. The van der Waals surface area contributed by atoms with Crippen molar-refractivity contribution in [2.45, 2.75) is 39.9 Å². The normalized spacial score (nSPS) is 13.7. The Balaban J connectivity index is 1.30. The number of hydrogen-bond donors (Lipinski definition) is 1. The third kappa shape index (κ3) is 7.04.